The molecule has 0 unspecified atom stereocenters. The number of methoxy groups -OCH3 is 2. The number of aromatic nitrogens is 2. The molecule has 0 aliphatic heterocycles. The van der Waals surface area contributed by atoms with Gasteiger partial charge in [-0.05, 0) is 54.6 Å². The van der Waals surface area contributed by atoms with E-state index in [0.717, 1.165) is 78.1 Å². The molecule has 2 heterocycles. The van der Waals surface area contributed by atoms with Crippen molar-refractivity contribution in [3.63, 3.8) is 0 Å². The van der Waals surface area contributed by atoms with Crippen molar-refractivity contribution in [1.29, 1.82) is 0 Å². The molecule has 2 N–H and O–H groups in total. The first-order valence-corrected chi connectivity index (χ1v) is 23.1. The van der Waals surface area contributed by atoms with Crippen LogP contribution in [0.3, 0.4) is 0 Å². The van der Waals surface area contributed by atoms with Crippen LogP contribution in [0.1, 0.15) is 116 Å². The largest absolute Gasteiger partial charge is 0.512 e. The molecule has 0 bridgehead atoms. The summed E-state index contributed by atoms with van der Waals surface area (Å²) < 4.78 is 10.9. The fraction of sp³-hybridized carbons (Fsp3) is 0.400. The van der Waals surface area contributed by atoms with Gasteiger partial charge in [0.15, 0.2) is 11.6 Å². The molecule has 0 aliphatic carbocycles. The number of ketones is 2. The summed E-state index contributed by atoms with van der Waals surface area (Å²) >= 11 is 0. The first-order valence-electron chi connectivity index (χ1n) is 23.1. The van der Waals surface area contributed by atoms with Gasteiger partial charge in [-0.3, -0.25) is 19.6 Å². The van der Waals surface area contributed by atoms with Crippen LogP contribution < -0.4 is 9.47 Å². The van der Waals surface area contributed by atoms with E-state index in [-0.39, 0.29) is 74.1 Å². The topological polar surface area (TPSA) is 119 Å². The monoisotopic (exact) mass is 1310 g/mol. The van der Waals surface area contributed by atoms with Gasteiger partial charge in [-0.25, -0.2) is 0 Å². The number of pyridine rings is 2. The Kier molecular flexibility index (Phi) is 23.4. The standard InChI is InChI=1S/2C19H18NO.2C11H20O2.2Ir/c1-12-9-13(2)11-15(10-12)17-8-6-16-18(20-17)7-5-14(3)19(16)21-4;1-12-7-13(2)9-15(8-12)17-6-5-16-18(20-17)10-14(3)11-19(16)21-4;2*1-10(2,3)8(12)7-9(13)11(4,5)6;;/h5-10H,1-4H3;5-8,10-11H,1-4H3;2*7,12H,1-6H3;;/q2*-1;;;;. The molecule has 2 aromatic heterocycles. The van der Waals surface area contributed by atoms with Gasteiger partial charge in [0.1, 0.15) is 23.0 Å². The molecule has 0 atom stereocenters. The van der Waals surface area contributed by atoms with Gasteiger partial charge in [-0.1, -0.05) is 141 Å². The average Bonchev–Trinajstić information content (AvgIpc) is 3.21. The van der Waals surface area contributed by atoms with Crippen LogP contribution >= 0.6 is 0 Å². The maximum absolute atomic E-state index is 11.5. The van der Waals surface area contributed by atoms with E-state index in [1.54, 1.807) is 14.2 Å². The van der Waals surface area contributed by atoms with Crippen LogP contribution in [-0.2, 0) is 49.8 Å². The molecule has 0 saturated heterocycles. The first-order chi connectivity index (χ1) is 31.2. The third kappa shape index (κ3) is 18.6. The van der Waals surface area contributed by atoms with Gasteiger partial charge in [-0.15, -0.1) is 69.8 Å². The number of carbonyl (C=O) groups excluding carboxylic acids is 2. The van der Waals surface area contributed by atoms with Crippen LogP contribution in [-0.4, -0.2) is 46.0 Å². The molecule has 70 heavy (non-hydrogen) atoms. The molecule has 10 heteroatoms. The third-order valence-electron chi connectivity index (χ3n) is 10.8. The minimum atomic E-state index is -0.417. The summed E-state index contributed by atoms with van der Waals surface area (Å²) in [5.41, 5.74) is 11.3. The molecule has 6 rings (SSSR count). The van der Waals surface area contributed by atoms with Crippen LogP contribution in [0, 0.1) is 75.3 Å². The van der Waals surface area contributed by atoms with E-state index in [1.807, 2.05) is 120 Å². The fourth-order valence-electron chi connectivity index (χ4n) is 6.54. The van der Waals surface area contributed by atoms with Crippen LogP contribution in [0.25, 0.3) is 44.3 Å². The molecule has 0 fully saturated rings. The van der Waals surface area contributed by atoms with E-state index in [0.29, 0.717) is 0 Å². The number of aliphatic hydroxyl groups is 2. The number of rotatable bonds is 6. The normalized spacial score (nSPS) is 11.9. The molecule has 2 radical (unpaired) electrons. The Labute approximate surface area is 446 Å². The minimum Gasteiger partial charge on any atom is -0.512 e. The summed E-state index contributed by atoms with van der Waals surface area (Å²) in [6.07, 6.45) is 2.67. The molecule has 0 aliphatic rings. The third-order valence-corrected chi connectivity index (χ3v) is 10.8. The van der Waals surface area contributed by atoms with Crippen molar-refractivity contribution < 1.29 is 69.5 Å². The Morgan fingerprint density at radius 1 is 0.500 bits per heavy atom. The van der Waals surface area contributed by atoms with Crippen molar-refractivity contribution >= 4 is 33.4 Å². The van der Waals surface area contributed by atoms with Crippen LogP contribution in [0.15, 0.2) is 96.5 Å². The predicted molar refractivity (Wildman–Crippen MR) is 283 cm³/mol. The van der Waals surface area contributed by atoms with Gasteiger partial charge in [-0.2, -0.15) is 0 Å². The maximum atomic E-state index is 11.5. The minimum absolute atomic E-state index is 0. The summed E-state index contributed by atoms with van der Waals surface area (Å²) in [4.78, 5) is 32.5. The second kappa shape index (κ2) is 25.9. The molecular formula is C60H76Ir2N2O6-2. The Morgan fingerprint density at radius 3 is 1.27 bits per heavy atom. The summed E-state index contributed by atoms with van der Waals surface area (Å²) in [6.45, 7) is 34.6. The number of nitrogens with zero attached hydrogens (tertiary/aromatic N) is 2. The first kappa shape index (κ1) is 63.0. The predicted octanol–water partition coefficient (Wildman–Crippen LogP) is 15.4. The molecule has 6 aromatic rings. The van der Waals surface area contributed by atoms with E-state index in [2.05, 4.69) is 89.2 Å². The number of benzene rings is 4. The Morgan fingerprint density at radius 2 is 0.900 bits per heavy atom. The SMILES string of the molecule is CC(C)(C)C(=O)C=C(O)C(C)(C)C.CC(C)(C)C(=O)C=C(O)C(C)(C)C.COc1c(C)ccc2nc(-c3[c-]c(C)cc(C)c3)ccc12.COc1cc(C)cc2nc(-c3[c-]c(C)cc(C)c3)ccc12.[Ir].[Ir]. The van der Waals surface area contributed by atoms with Gasteiger partial charge in [0.25, 0.3) is 0 Å². The zero-order chi connectivity index (χ0) is 51.7. The number of ether oxygens (including phenoxy) is 2. The number of aliphatic hydroxyl groups excluding tert-OH is 2. The summed E-state index contributed by atoms with van der Waals surface area (Å²) in [5, 5.41) is 21.2. The average molecular weight is 1310 g/mol. The fourth-order valence-corrected chi connectivity index (χ4v) is 6.54. The number of allylic oxidation sites excluding steroid dienone is 4. The molecule has 8 nitrogen and oxygen atoms in total. The van der Waals surface area contributed by atoms with Crippen molar-refractivity contribution in [3.05, 3.63) is 142 Å². The Hall–Kier alpha value is -4.98. The number of hydrogen-bond donors (Lipinski definition) is 2. The van der Waals surface area contributed by atoms with Crippen molar-refractivity contribution in [3.8, 4) is 34.0 Å². The summed E-state index contributed by atoms with van der Waals surface area (Å²) in [6, 6.07) is 31.7. The van der Waals surface area contributed by atoms with Crippen molar-refractivity contribution in [2.24, 2.45) is 21.7 Å². The van der Waals surface area contributed by atoms with Crippen LogP contribution in [0.4, 0.5) is 0 Å². The summed E-state index contributed by atoms with van der Waals surface area (Å²) in [5.74, 6) is 1.98. The van der Waals surface area contributed by atoms with E-state index < -0.39 is 10.8 Å². The van der Waals surface area contributed by atoms with E-state index in [1.165, 1.54) is 23.3 Å². The quantitative estimate of drug-likeness (QED) is 0.0962. The van der Waals surface area contributed by atoms with E-state index in [9.17, 15) is 19.8 Å². The van der Waals surface area contributed by atoms with Crippen molar-refractivity contribution in [1.82, 2.24) is 9.97 Å². The molecule has 382 valence electrons. The molecule has 0 saturated carbocycles. The van der Waals surface area contributed by atoms with Crippen LogP contribution in [0.2, 0.25) is 0 Å². The van der Waals surface area contributed by atoms with E-state index >= 15 is 0 Å². The Balaban J connectivity index is 0.000000476. The Bertz CT molecular complexity index is 2720. The van der Waals surface area contributed by atoms with Gasteiger partial charge in [0, 0.05) is 84.8 Å². The molecule has 0 spiro atoms. The number of aryl methyl sites for hydroxylation is 6. The smallest absolute Gasteiger partial charge is 0.164 e. The molecule has 0 amide bonds. The van der Waals surface area contributed by atoms with Crippen molar-refractivity contribution in [2.75, 3.05) is 14.2 Å². The van der Waals surface area contributed by atoms with Gasteiger partial charge >= 0.3 is 0 Å². The number of fused-ring (bicyclic) bond motifs is 2. The van der Waals surface area contributed by atoms with E-state index in [4.69, 9.17) is 19.4 Å². The molecule has 4 aromatic carbocycles. The number of hydrogen-bond acceptors (Lipinski definition) is 8. The van der Waals surface area contributed by atoms with Gasteiger partial charge in [0.05, 0.1) is 25.3 Å². The molecular weight excluding hydrogens is 1230 g/mol. The van der Waals surface area contributed by atoms with Crippen molar-refractivity contribution in [2.45, 2.75) is 125 Å². The maximum Gasteiger partial charge on any atom is 0.164 e. The van der Waals surface area contributed by atoms with Gasteiger partial charge < -0.3 is 19.7 Å². The summed E-state index contributed by atoms with van der Waals surface area (Å²) in [7, 11) is 3.40. The zero-order valence-electron chi connectivity index (χ0n) is 45.2. The number of carbonyl (C=O) groups is 2. The zero-order valence-corrected chi connectivity index (χ0v) is 50.0. The second-order valence-corrected chi connectivity index (χ2v) is 21.7. The second-order valence-electron chi connectivity index (χ2n) is 21.7. The van der Waals surface area contributed by atoms with Gasteiger partial charge in [0.2, 0.25) is 0 Å². The van der Waals surface area contributed by atoms with Crippen LogP contribution in [0.5, 0.6) is 11.5 Å².